The number of ether oxygens (including phenoxy) is 1. The molecule has 0 amide bonds. The van der Waals surface area contributed by atoms with E-state index in [4.69, 9.17) is 4.74 Å². The molecule has 2 atom stereocenters. The van der Waals surface area contributed by atoms with Crippen molar-refractivity contribution in [3.8, 4) is 0 Å². The van der Waals surface area contributed by atoms with Crippen LogP contribution in [-0.2, 0) is 9.53 Å². The van der Waals surface area contributed by atoms with Gasteiger partial charge in [-0.3, -0.25) is 4.79 Å². The highest BCUT2D eigenvalue weighted by Gasteiger charge is 2.30. The number of esters is 1. The first-order valence-corrected chi connectivity index (χ1v) is 8.17. The molecule has 0 radical (unpaired) electrons. The third kappa shape index (κ3) is 3.67. The summed E-state index contributed by atoms with van der Waals surface area (Å²) >= 11 is 1.77. The van der Waals surface area contributed by atoms with Gasteiger partial charge in [0, 0.05) is 11.3 Å². The maximum atomic E-state index is 11.6. The fourth-order valence-electron chi connectivity index (χ4n) is 2.59. The molecule has 0 N–H and O–H groups in total. The molecule has 1 aliphatic heterocycles. The van der Waals surface area contributed by atoms with Gasteiger partial charge in [-0.05, 0) is 30.5 Å². The molecular formula is C18H18O2S. The van der Waals surface area contributed by atoms with E-state index in [9.17, 15) is 4.79 Å². The highest BCUT2D eigenvalue weighted by atomic mass is 32.2. The maximum absolute atomic E-state index is 11.6. The van der Waals surface area contributed by atoms with Gasteiger partial charge in [0.15, 0.2) is 0 Å². The number of thioether (sulfide) groups is 1. The van der Waals surface area contributed by atoms with Gasteiger partial charge < -0.3 is 4.74 Å². The Morgan fingerprint density at radius 2 is 1.67 bits per heavy atom. The van der Waals surface area contributed by atoms with E-state index in [1.54, 1.807) is 11.8 Å². The minimum absolute atomic E-state index is 0.0427. The number of hydrogen-bond acceptors (Lipinski definition) is 3. The highest BCUT2D eigenvalue weighted by molar-refractivity contribution is 7.99. The number of carbonyl (C=O) groups excluding carboxylic acids is 1. The molecule has 1 saturated heterocycles. The molecular weight excluding hydrogens is 280 g/mol. The van der Waals surface area contributed by atoms with Crippen molar-refractivity contribution in [2.45, 2.75) is 35.5 Å². The molecule has 0 saturated carbocycles. The van der Waals surface area contributed by atoms with Crippen LogP contribution in [0.3, 0.4) is 0 Å². The number of rotatable bonds is 4. The molecule has 108 valence electrons. The zero-order valence-corrected chi connectivity index (χ0v) is 12.6. The molecule has 2 nitrogen and oxygen atoms in total. The lowest BCUT2D eigenvalue weighted by molar-refractivity contribution is -0.153. The minimum Gasteiger partial charge on any atom is -0.461 e. The van der Waals surface area contributed by atoms with Crippen LogP contribution in [-0.4, -0.2) is 12.1 Å². The van der Waals surface area contributed by atoms with Gasteiger partial charge in [-0.2, -0.15) is 0 Å². The third-order valence-electron chi connectivity index (χ3n) is 3.62. The van der Waals surface area contributed by atoms with Crippen LogP contribution < -0.4 is 0 Å². The summed E-state index contributed by atoms with van der Waals surface area (Å²) in [7, 11) is 0. The largest absolute Gasteiger partial charge is 0.461 e. The van der Waals surface area contributed by atoms with Crippen molar-refractivity contribution in [1.29, 1.82) is 0 Å². The molecule has 1 fully saturated rings. The summed E-state index contributed by atoms with van der Waals surface area (Å²) in [6.07, 6.45) is 2.36. The second-order valence-corrected chi connectivity index (χ2v) is 6.40. The second-order valence-electron chi connectivity index (χ2n) is 5.18. The van der Waals surface area contributed by atoms with Gasteiger partial charge in [0.2, 0.25) is 0 Å². The molecule has 0 aliphatic carbocycles. The topological polar surface area (TPSA) is 26.3 Å². The van der Waals surface area contributed by atoms with Crippen LogP contribution in [0.1, 0.15) is 30.1 Å². The molecule has 0 unspecified atom stereocenters. The van der Waals surface area contributed by atoms with E-state index in [-0.39, 0.29) is 17.3 Å². The first kappa shape index (κ1) is 14.2. The molecule has 2 aromatic carbocycles. The monoisotopic (exact) mass is 298 g/mol. The van der Waals surface area contributed by atoms with Crippen molar-refractivity contribution in [2.24, 2.45) is 0 Å². The van der Waals surface area contributed by atoms with E-state index in [2.05, 4.69) is 24.3 Å². The SMILES string of the molecule is O=C1CCC[C@@H]([C@H](Sc2ccccc2)c2ccccc2)O1. The molecule has 1 heterocycles. The molecule has 3 heteroatoms. The van der Waals surface area contributed by atoms with Gasteiger partial charge in [-0.1, -0.05) is 48.5 Å². The molecule has 21 heavy (non-hydrogen) atoms. The van der Waals surface area contributed by atoms with E-state index in [1.807, 2.05) is 36.4 Å². The molecule has 2 aromatic rings. The van der Waals surface area contributed by atoms with Crippen molar-refractivity contribution < 1.29 is 9.53 Å². The first-order valence-electron chi connectivity index (χ1n) is 7.29. The predicted molar refractivity (Wildman–Crippen MR) is 85.2 cm³/mol. The first-order chi connectivity index (χ1) is 10.3. The summed E-state index contributed by atoms with van der Waals surface area (Å²) in [6, 6.07) is 20.6. The van der Waals surface area contributed by atoms with E-state index in [0.717, 1.165) is 12.8 Å². The molecule has 0 bridgehead atoms. The van der Waals surface area contributed by atoms with E-state index in [1.165, 1.54) is 10.5 Å². The maximum Gasteiger partial charge on any atom is 0.306 e. The van der Waals surface area contributed by atoms with Crippen molar-refractivity contribution in [1.82, 2.24) is 0 Å². The van der Waals surface area contributed by atoms with Crippen LogP contribution in [0.5, 0.6) is 0 Å². The summed E-state index contributed by atoms with van der Waals surface area (Å²) in [6.45, 7) is 0. The van der Waals surface area contributed by atoms with Crippen LogP contribution in [0, 0.1) is 0 Å². The Morgan fingerprint density at radius 3 is 2.33 bits per heavy atom. The Balaban J connectivity index is 1.85. The standard InChI is InChI=1S/C18H18O2S/c19-17-13-7-12-16(20-17)18(14-8-3-1-4-9-14)21-15-10-5-2-6-11-15/h1-6,8-11,16,18H,7,12-13H2/t16-,18+/m0/s1. The highest BCUT2D eigenvalue weighted by Crippen LogP contribution is 2.41. The molecule has 0 spiro atoms. The van der Waals surface area contributed by atoms with Gasteiger partial charge in [0.05, 0.1) is 5.25 Å². The average molecular weight is 298 g/mol. The molecule has 1 aliphatic rings. The Hall–Kier alpha value is -1.74. The lowest BCUT2D eigenvalue weighted by Crippen LogP contribution is -2.28. The third-order valence-corrected chi connectivity index (χ3v) is 5.00. The Bertz CT molecular complexity index is 583. The van der Waals surface area contributed by atoms with Crippen LogP contribution in [0.25, 0.3) is 0 Å². The van der Waals surface area contributed by atoms with E-state index in [0.29, 0.717) is 6.42 Å². The van der Waals surface area contributed by atoms with Crippen LogP contribution in [0.2, 0.25) is 0 Å². The molecule has 0 aromatic heterocycles. The van der Waals surface area contributed by atoms with E-state index >= 15 is 0 Å². The van der Waals surface area contributed by atoms with Crippen molar-refractivity contribution >= 4 is 17.7 Å². The van der Waals surface area contributed by atoms with E-state index < -0.39 is 0 Å². The predicted octanol–water partition coefficient (Wildman–Crippen LogP) is 4.62. The fourth-order valence-corrected chi connectivity index (χ4v) is 3.84. The minimum atomic E-state index is -0.0687. The normalized spacial score (nSPS) is 19.8. The average Bonchev–Trinajstić information content (AvgIpc) is 2.54. The van der Waals surface area contributed by atoms with Gasteiger partial charge in [0.1, 0.15) is 6.10 Å². The lowest BCUT2D eigenvalue weighted by atomic mass is 10.0. The smallest absolute Gasteiger partial charge is 0.306 e. The Labute approximate surface area is 129 Å². The van der Waals surface area contributed by atoms with Gasteiger partial charge >= 0.3 is 5.97 Å². The van der Waals surface area contributed by atoms with Crippen molar-refractivity contribution in [3.63, 3.8) is 0 Å². The second kappa shape index (κ2) is 6.81. The number of benzene rings is 2. The fraction of sp³-hybridized carbons (Fsp3) is 0.278. The quantitative estimate of drug-likeness (QED) is 0.609. The summed E-state index contributed by atoms with van der Waals surface area (Å²) in [5, 5.41) is 0.151. The zero-order chi connectivity index (χ0) is 14.5. The Kier molecular flexibility index (Phi) is 4.61. The van der Waals surface area contributed by atoms with Crippen LogP contribution in [0.4, 0.5) is 0 Å². The van der Waals surface area contributed by atoms with Crippen molar-refractivity contribution in [3.05, 3.63) is 66.2 Å². The van der Waals surface area contributed by atoms with Crippen molar-refractivity contribution in [2.75, 3.05) is 0 Å². The van der Waals surface area contributed by atoms with Crippen LogP contribution >= 0.6 is 11.8 Å². The lowest BCUT2D eigenvalue weighted by Gasteiger charge is -2.30. The zero-order valence-electron chi connectivity index (χ0n) is 11.8. The van der Waals surface area contributed by atoms with Gasteiger partial charge in [-0.25, -0.2) is 0 Å². The Morgan fingerprint density at radius 1 is 1.00 bits per heavy atom. The number of carbonyl (C=O) groups is 1. The summed E-state index contributed by atoms with van der Waals surface area (Å²) in [5.74, 6) is -0.0687. The van der Waals surface area contributed by atoms with Gasteiger partial charge in [0.25, 0.3) is 0 Å². The number of hydrogen-bond donors (Lipinski definition) is 0. The summed E-state index contributed by atoms with van der Waals surface area (Å²) in [5.41, 5.74) is 1.21. The van der Waals surface area contributed by atoms with Gasteiger partial charge in [-0.15, -0.1) is 11.8 Å². The number of cyclic esters (lactones) is 1. The summed E-state index contributed by atoms with van der Waals surface area (Å²) < 4.78 is 5.62. The summed E-state index contributed by atoms with van der Waals surface area (Å²) in [4.78, 5) is 12.8. The van der Waals surface area contributed by atoms with Crippen LogP contribution in [0.15, 0.2) is 65.6 Å². The molecule has 3 rings (SSSR count).